The summed E-state index contributed by atoms with van der Waals surface area (Å²) < 4.78 is 38.5. The van der Waals surface area contributed by atoms with Crippen molar-refractivity contribution < 1.29 is 18.0 Å². The van der Waals surface area contributed by atoms with E-state index in [0.717, 1.165) is 34.0 Å². The van der Waals surface area contributed by atoms with E-state index in [4.69, 9.17) is 5.73 Å². The zero-order valence-corrected chi connectivity index (χ0v) is 19.2. The number of alkyl halides is 3. The smallest absolute Gasteiger partial charge is 0.325 e. The second-order valence-corrected chi connectivity index (χ2v) is 8.11. The lowest BCUT2D eigenvalue weighted by Crippen LogP contribution is -2.13. The van der Waals surface area contributed by atoms with Crippen LogP contribution in [0.4, 0.5) is 18.9 Å². The maximum atomic E-state index is 13.0. The number of amides is 1. The Morgan fingerprint density at radius 3 is 2.66 bits per heavy atom. The Kier molecular flexibility index (Phi) is 6.56. The highest BCUT2D eigenvalue weighted by molar-refractivity contribution is 7.13. The molecule has 1 amide bonds. The van der Waals surface area contributed by atoms with Gasteiger partial charge in [-0.2, -0.15) is 23.4 Å². The van der Waals surface area contributed by atoms with Gasteiger partial charge in [0.2, 0.25) is 0 Å². The predicted octanol–water partition coefficient (Wildman–Crippen LogP) is 4.62. The molecule has 4 heterocycles. The van der Waals surface area contributed by atoms with Crippen LogP contribution < -0.4 is 11.1 Å². The number of carbonyl (C=O) groups excluding carboxylic acids is 1. The fourth-order valence-electron chi connectivity index (χ4n) is 3.30. The molecule has 0 bridgehead atoms. The van der Waals surface area contributed by atoms with Gasteiger partial charge in [0.25, 0.3) is 5.91 Å². The van der Waals surface area contributed by atoms with Gasteiger partial charge < -0.3 is 11.1 Å². The molecule has 35 heavy (non-hydrogen) atoms. The number of rotatable bonds is 5. The Morgan fingerprint density at radius 1 is 1.14 bits per heavy atom. The molecule has 5 aromatic rings. The SMILES string of the molecule is Cl.NCc1ccc(-c2cc3cn[nH]c3cc2NC(=O)c2csc(-c3cc(C(F)(F)F)n[nH]3)n2)cn1. The van der Waals surface area contributed by atoms with Gasteiger partial charge in [0.05, 0.1) is 28.8 Å². The third kappa shape index (κ3) is 4.87. The third-order valence-electron chi connectivity index (χ3n) is 5.01. The Labute approximate surface area is 205 Å². The molecule has 0 fully saturated rings. The monoisotopic (exact) mass is 520 g/mol. The Hall–Kier alpha value is -3.81. The van der Waals surface area contributed by atoms with Crippen molar-refractivity contribution >= 4 is 46.2 Å². The van der Waals surface area contributed by atoms with Gasteiger partial charge >= 0.3 is 6.18 Å². The van der Waals surface area contributed by atoms with Crippen LogP contribution in [0, 0.1) is 0 Å². The molecule has 0 spiro atoms. The molecule has 5 N–H and O–H groups in total. The van der Waals surface area contributed by atoms with Gasteiger partial charge in [-0.15, -0.1) is 23.7 Å². The molecular formula is C21H16ClF3N8OS. The van der Waals surface area contributed by atoms with Crippen molar-refractivity contribution in [3.8, 4) is 21.8 Å². The molecule has 4 aromatic heterocycles. The van der Waals surface area contributed by atoms with Gasteiger partial charge in [0.1, 0.15) is 10.7 Å². The van der Waals surface area contributed by atoms with E-state index in [9.17, 15) is 18.0 Å². The number of thiazole rings is 1. The van der Waals surface area contributed by atoms with E-state index < -0.39 is 17.8 Å². The standard InChI is InChI=1S/C21H15F3N8OS.ClH/c22-21(23,24)18-5-16(31-32-18)20-29-17(9-34-20)19(33)28-15-4-14-11(8-27-30-14)3-13(15)10-1-2-12(6-25)26-7-10;/h1-5,7-9H,6,25H2,(H,27,30)(H,28,33)(H,31,32);1H. The van der Waals surface area contributed by atoms with Gasteiger partial charge in [0.15, 0.2) is 5.69 Å². The zero-order chi connectivity index (χ0) is 23.9. The quantitative estimate of drug-likeness (QED) is 0.267. The number of anilines is 1. The van der Waals surface area contributed by atoms with Crippen molar-refractivity contribution in [2.75, 3.05) is 5.32 Å². The molecule has 0 aliphatic carbocycles. The number of aromatic amines is 2. The summed E-state index contributed by atoms with van der Waals surface area (Å²) in [5.74, 6) is -0.523. The van der Waals surface area contributed by atoms with E-state index in [1.165, 1.54) is 5.38 Å². The van der Waals surface area contributed by atoms with Crippen LogP contribution in [-0.2, 0) is 12.7 Å². The number of aromatic nitrogens is 6. The first kappa shape index (κ1) is 24.3. The number of nitrogens with one attached hydrogen (secondary N) is 3. The number of halogens is 4. The fraction of sp³-hybridized carbons (Fsp3) is 0.0952. The molecule has 0 aliphatic rings. The first-order valence-corrected chi connectivity index (χ1v) is 10.7. The summed E-state index contributed by atoms with van der Waals surface area (Å²) in [6.45, 7) is 0.303. The highest BCUT2D eigenvalue weighted by Gasteiger charge is 2.34. The minimum Gasteiger partial charge on any atom is -0.325 e. The van der Waals surface area contributed by atoms with Crippen LogP contribution in [0.25, 0.3) is 32.7 Å². The van der Waals surface area contributed by atoms with Gasteiger partial charge in [-0.25, -0.2) is 4.98 Å². The molecule has 0 unspecified atom stereocenters. The third-order valence-corrected chi connectivity index (χ3v) is 5.88. The number of carbonyl (C=O) groups is 1. The average molecular weight is 521 g/mol. The Morgan fingerprint density at radius 2 is 1.97 bits per heavy atom. The number of nitrogens with two attached hydrogens (primary N) is 1. The van der Waals surface area contributed by atoms with E-state index in [2.05, 4.69) is 35.7 Å². The molecule has 5 rings (SSSR count). The molecule has 0 aliphatic heterocycles. The Bertz CT molecular complexity index is 1490. The number of fused-ring (bicyclic) bond motifs is 1. The van der Waals surface area contributed by atoms with E-state index in [1.807, 2.05) is 12.1 Å². The lowest BCUT2D eigenvalue weighted by atomic mass is 10.0. The van der Waals surface area contributed by atoms with Gasteiger partial charge in [0, 0.05) is 34.6 Å². The highest BCUT2D eigenvalue weighted by atomic mass is 35.5. The predicted molar refractivity (Wildman–Crippen MR) is 127 cm³/mol. The second kappa shape index (κ2) is 9.44. The van der Waals surface area contributed by atoms with E-state index >= 15 is 0 Å². The lowest BCUT2D eigenvalue weighted by molar-refractivity contribution is -0.141. The normalized spacial score (nSPS) is 11.4. The summed E-state index contributed by atoms with van der Waals surface area (Å²) in [6, 6.07) is 8.10. The van der Waals surface area contributed by atoms with Gasteiger partial charge in [-0.1, -0.05) is 6.07 Å². The number of pyridine rings is 1. The first-order valence-electron chi connectivity index (χ1n) is 9.84. The summed E-state index contributed by atoms with van der Waals surface area (Å²) in [4.78, 5) is 21.4. The number of nitrogens with zero attached hydrogens (tertiary/aromatic N) is 4. The van der Waals surface area contributed by atoms with Crippen LogP contribution in [0.2, 0.25) is 0 Å². The van der Waals surface area contributed by atoms with Crippen molar-refractivity contribution in [1.82, 2.24) is 30.4 Å². The zero-order valence-electron chi connectivity index (χ0n) is 17.6. The summed E-state index contributed by atoms with van der Waals surface area (Å²) >= 11 is 1.03. The maximum absolute atomic E-state index is 13.0. The fourth-order valence-corrected chi connectivity index (χ4v) is 4.07. The highest BCUT2D eigenvalue weighted by Crippen LogP contribution is 2.33. The molecule has 0 atom stereocenters. The molecule has 0 radical (unpaired) electrons. The number of benzene rings is 1. The van der Waals surface area contributed by atoms with Crippen molar-refractivity contribution in [2.45, 2.75) is 12.7 Å². The second-order valence-electron chi connectivity index (χ2n) is 7.25. The number of hydrogen-bond donors (Lipinski definition) is 4. The summed E-state index contributed by atoms with van der Waals surface area (Å²) in [7, 11) is 0. The van der Waals surface area contributed by atoms with E-state index in [-0.39, 0.29) is 28.8 Å². The molecule has 9 nitrogen and oxygen atoms in total. The maximum Gasteiger partial charge on any atom is 0.435 e. The topological polar surface area (TPSA) is 138 Å². The van der Waals surface area contributed by atoms with E-state index in [0.29, 0.717) is 23.3 Å². The number of hydrogen-bond acceptors (Lipinski definition) is 7. The van der Waals surface area contributed by atoms with Crippen LogP contribution in [0.3, 0.4) is 0 Å². The van der Waals surface area contributed by atoms with Crippen LogP contribution in [0.1, 0.15) is 21.9 Å². The van der Waals surface area contributed by atoms with Gasteiger partial charge in [-0.3, -0.25) is 20.0 Å². The van der Waals surface area contributed by atoms with Crippen LogP contribution in [0.5, 0.6) is 0 Å². The summed E-state index contributed by atoms with van der Waals surface area (Å²) in [5, 5.41) is 17.8. The number of H-pyrrole nitrogens is 2. The van der Waals surface area contributed by atoms with Crippen molar-refractivity contribution in [3.05, 3.63) is 65.2 Å². The van der Waals surface area contributed by atoms with Crippen LogP contribution in [-0.4, -0.2) is 36.3 Å². The first-order chi connectivity index (χ1) is 16.3. The molecular weight excluding hydrogens is 505 g/mol. The molecule has 14 heteroatoms. The van der Waals surface area contributed by atoms with Gasteiger partial charge in [-0.05, 0) is 24.3 Å². The Balaban J connectivity index is 0.00000289. The van der Waals surface area contributed by atoms with Crippen molar-refractivity contribution in [2.24, 2.45) is 5.73 Å². The largest absolute Gasteiger partial charge is 0.435 e. The summed E-state index contributed by atoms with van der Waals surface area (Å²) in [5.41, 5.74) is 8.07. The molecule has 0 saturated carbocycles. The summed E-state index contributed by atoms with van der Waals surface area (Å²) in [6.07, 6.45) is -1.25. The minimum absolute atomic E-state index is 0. The lowest BCUT2D eigenvalue weighted by Gasteiger charge is -2.11. The van der Waals surface area contributed by atoms with Crippen molar-refractivity contribution in [3.63, 3.8) is 0 Å². The van der Waals surface area contributed by atoms with Crippen molar-refractivity contribution in [1.29, 1.82) is 0 Å². The minimum atomic E-state index is -4.58. The van der Waals surface area contributed by atoms with Crippen LogP contribution >= 0.6 is 23.7 Å². The molecule has 1 aromatic carbocycles. The molecule has 180 valence electrons. The van der Waals surface area contributed by atoms with E-state index in [1.54, 1.807) is 24.5 Å². The molecule has 0 saturated heterocycles. The van der Waals surface area contributed by atoms with Crippen LogP contribution in [0.15, 0.2) is 48.1 Å². The average Bonchev–Trinajstić information content (AvgIpc) is 3.58.